The van der Waals surface area contributed by atoms with E-state index < -0.39 is 0 Å². The molecule has 2 aromatic carbocycles. The van der Waals surface area contributed by atoms with E-state index in [9.17, 15) is 9.59 Å². The second kappa shape index (κ2) is 8.62. The van der Waals surface area contributed by atoms with Crippen molar-refractivity contribution < 1.29 is 9.59 Å². The minimum atomic E-state index is -0.0456. The maximum atomic E-state index is 12.4. The third kappa shape index (κ3) is 4.25. The van der Waals surface area contributed by atoms with Crippen LogP contribution >= 0.6 is 11.3 Å². The number of rotatable bonds is 6. The standard InChI is InChI=1S/C24H24N2O2S/c1-2-23(27)26-14-12-20-16-19(9-10-22(20)26)17-5-7-18(8-6-17)24(28)25-13-11-21-4-3-15-29-21/h3-10,15-16H,2,11-14H2,1H3,(H,25,28). The van der Waals surface area contributed by atoms with Crippen molar-refractivity contribution in [3.63, 3.8) is 0 Å². The van der Waals surface area contributed by atoms with Gasteiger partial charge in [-0.1, -0.05) is 31.2 Å². The topological polar surface area (TPSA) is 49.4 Å². The molecule has 0 fully saturated rings. The van der Waals surface area contributed by atoms with Crippen LogP contribution in [0.2, 0.25) is 0 Å². The van der Waals surface area contributed by atoms with E-state index in [0.29, 0.717) is 18.5 Å². The fourth-order valence-corrected chi connectivity index (χ4v) is 4.41. The molecule has 148 valence electrons. The average Bonchev–Trinajstić information content (AvgIpc) is 3.42. The monoisotopic (exact) mass is 404 g/mol. The molecule has 1 aliphatic heterocycles. The summed E-state index contributed by atoms with van der Waals surface area (Å²) >= 11 is 1.71. The van der Waals surface area contributed by atoms with Crippen molar-refractivity contribution in [2.24, 2.45) is 0 Å². The largest absolute Gasteiger partial charge is 0.352 e. The summed E-state index contributed by atoms with van der Waals surface area (Å²) in [5.74, 6) is 0.127. The van der Waals surface area contributed by atoms with Crippen LogP contribution in [0.4, 0.5) is 5.69 Å². The molecular formula is C24H24N2O2S. The van der Waals surface area contributed by atoms with Crippen LogP contribution in [-0.2, 0) is 17.6 Å². The number of fused-ring (bicyclic) bond motifs is 1. The lowest BCUT2D eigenvalue weighted by molar-refractivity contribution is -0.118. The number of carbonyl (C=O) groups is 2. The molecule has 0 saturated carbocycles. The maximum Gasteiger partial charge on any atom is 0.251 e. The van der Waals surface area contributed by atoms with E-state index in [4.69, 9.17) is 0 Å². The summed E-state index contributed by atoms with van der Waals surface area (Å²) in [6.07, 6.45) is 2.27. The quantitative estimate of drug-likeness (QED) is 0.648. The number of anilines is 1. The number of thiophene rings is 1. The van der Waals surface area contributed by atoms with Crippen molar-refractivity contribution in [2.45, 2.75) is 26.2 Å². The predicted molar refractivity (Wildman–Crippen MR) is 119 cm³/mol. The van der Waals surface area contributed by atoms with Gasteiger partial charge < -0.3 is 10.2 Å². The average molecular weight is 405 g/mol. The van der Waals surface area contributed by atoms with Crippen LogP contribution in [0, 0.1) is 0 Å². The highest BCUT2D eigenvalue weighted by molar-refractivity contribution is 7.09. The molecule has 0 spiro atoms. The van der Waals surface area contributed by atoms with Crippen LogP contribution in [0.3, 0.4) is 0 Å². The second-order valence-electron chi connectivity index (χ2n) is 7.16. The van der Waals surface area contributed by atoms with Gasteiger partial charge in [0.25, 0.3) is 5.91 Å². The van der Waals surface area contributed by atoms with Crippen LogP contribution in [0.15, 0.2) is 60.0 Å². The fourth-order valence-electron chi connectivity index (χ4n) is 3.70. The lowest BCUT2D eigenvalue weighted by Crippen LogP contribution is -2.27. The minimum Gasteiger partial charge on any atom is -0.352 e. The van der Waals surface area contributed by atoms with Crippen LogP contribution < -0.4 is 10.2 Å². The number of carbonyl (C=O) groups excluding carboxylic acids is 2. The molecule has 5 heteroatoms. The van der Waals surface area contributed by atoms with Crippen molar-refractivity contribution >= 4 is 28.8 Å². The molecule has 2 heterocycles. The van der Waals surface area contributed by atoms with Crippen LogP contribution in [0.1, 0.15) is 34.1 Å². The molecule has 1 aromatic heterocycles. The first-order valence-electron chi connectivity index (χ1n) is 10.00. The van der Waals surface area contributed by atoms with Gasteiger partial charge in [0.15, 0.2) is 0 Å². The summed E-state index contributed by atoms with van der Waals surface area (Å²) in [5, 5.41) is 5.03. The molecule has 0 aliphatic carbocycles. The molecule has 0 bridgehead atoms. The lowest BCUT2D eigenvalue weighted by atomic mass is 10.0. The van der Waals surface area contributed by atoms with E-state index in [2.05, 4.69) is 23.5 Å². The molecule has 4 nitrogen and oxygen atoms in total. The molecule has 1 aliphatic rings. The molecule has 3 aromatic rings. The summed E-state index contributed by atoms with van der Waals surface area (Å²) in [7, 11) is 0. The van der Waals surface area contributed by atoms with Gasteiger partial charge in [-0.25, -0.2) is 0 Å². The summed E-state index contributed by atoms with van der Waals surface area (Å²) in [4.78, 5) is 27.6. The maximum absolute atomic E-state index is 12.4. The van der Waals surface area contributed by atoms with Gasteiger partial charge in [-0.05, 0) is 65.2 Å². The molecule has 1 N–H and O–H groups in total. The molecular weight excluding hydrogens is 380 g/mol. The fraction of sp³-hybridized carbons (Fsp3) is 0.250. The Morgan fingerprint density at radius 2 is 1.86 bits per heavy atom. The zero-order valence-corrected chi connectivity index (χ0v) is 17.3. The van der Waals surface area contributed by atoms with E-state index >= 15 is 0 Å². The van der Waals surface area contributed by atoms with E-state index in [1.807, 2.05) is 53.6 Å². The number of benzene rings is 2. The third-order valence-electron chi connectivity index (χ3n) is 5.30. The van der Waals surface area contributed by atoms with Gasteiger partial charge in [0, 0.05) is 35.6 Å². The highest BCUT2D eigenvalue weighted by Gasteiger charge is 2.23. The van der Waals surface area contributed by atoms with Crippen molar-refractivity contribution in [1.29, 1.82) is 0 Å². The minimum absolute atomic E-state index is 0.0456. The highest BCUT2D eigenvalue weighted by atomic mass is 32.1. The Morgan fingerprint density at radius 1 is 1.07 bits per heavy atom. The van der Waals surface area contributed by atoms with Crippen LogP contribution in [0.5, 0.6) is 0 Å². The van der Waals surface area contributed by atoms with Crippen molar-refractivity contribution in [3.05, 3.63) is 76.0 Å². The van der Waals surface area contributed by atoms with Crippen molar-refractivity contribution in [1.82, 2.24) is 5.32 Å². The summed E-state index contributed by atoms with van der Waals surface area (Å²) in [6, 6.07) is 18.1. The van der Waals surface area contributed by atoms with E-state index in [1.54, 1.807) is 11.3 Å². The normalized spacial score (nSPS) is 12.7. The van der Waals surface area contributed by atoms with Crippen molar-refractivity contribution in [2.75, 3.05) is 18.0 Å². The smallest absolute Gasteiger partial charge is 0.251 e. The Kier molecular flexibility index (Phi) is 5.76. The van der Waals surface area contributed by atoms with E-state index in [0.717, 1.165) is 36.2 Å². The van der Waals surface area contributed by atoms with Gasteiger partial charge in [0.2, 0.25) is 5.91 Å². The predicted octanol–water partition coefficient (Wildman–Crippen LogP) is 4.69. The van der Waals surface area contributed by atoms with Crippen LogP contribution in [0.25, 0.3) is 11.1 Å². The van der Waals surface area contributed by atoms with Crippen LogP contribution in [-0.4, -0.2) is 24.9 Å². The van der Waals surface area contributed by atoms with E-state index in [1.165, 1.54) is 10.4 Å². The molecule has 0 unspecified atom stereocenters. The number of amides is 2. The van der Waals surface area contributed by atoms with Gasteiger partial charge >= 0.3 is 0 Å². The molecule has 0 saturated heterocycles. The van der Waals surface area contributed by atoms with Crippen molar-refractivity contribution in [3.8, 4) is 11.1 Å². The number of hydrogen-bond acceptors (Lipinski definition) is 3. The Bertz CT molecular complexity index is 1010. The Hall–Kier alpha value is -2.92. The SMILES string of the molecule is CCC(=O)N1CCc2cc(-c3ccc(C(=O)NCCc4cccs4)cc3)ccc21. The number of hydrogen-bond donors (Lipinski definition) is 1. The Labute approximate surface area is 175 Å². The molecule has 2 amide bonds. The highest BCUT2D eigenvalue weighted by Crippen LogP contribution is 2.32. The number of nitrogens with one attached hydrogen (secondary N) is 1. The van der Waals surface area contributed by atoms with Gasteiger partial charge in [0.1, 0.15) is 0 Å². The Morgan fingerprint density at radius 3 is 2.59 bits per heavy atom. The zero-order chi connectivity index (χ0) is 20.2. The lowest BCUT2D eigenvalue weighted by Gasteiger charge is -2.16. The van der Waals surface area contributed by atoms with Gasteiger partial charge in [-0.2, -0.15) is 0 Å². The van der Waals surface area contributed by atoms with Gasteiger partial charge in [-0.3, -0.25) is 9.59 Å². The molecule has 29 heavy (non-hydrogen) atoms. The summed E-state index contributed by atoms with van der Waals surface area (Å²) in [5.41, 5.74) is 5.09. The van der Waals surface area contributed by atoms with Gasteiger partial charge in [0.05, 0.1) is 0 Å². The molecule has 0 radical (unpaired) electrons. The first-order chi connectivity index (χ1) is 14.2. The third-order valence-corrected chi connectivity index (χ3v) is 6.23. The summed E-state index contributed by atoms with van der Waals surface area (Å²) < 4.78 is 0. The van der Waals surface area contributed by atoms with Gasteiger partial charge in [-0.15, -0.1) is 11.3 Å². The summed E-state index contributed by atoms with van der Waals surface area (Å²) in [6.45, 7) is 3.30. The first kappa shape index (κ1) is 19.4. The second-order valence-corrected chi connectivity index (χ2v) is 8.19. The molecule has 0 atom stereocenters. The van der Waals surface area contributed by atoms with E-state index in [-0.39, 0.29) is 11.8 Å². The first-order valence-corrected chi connectivity index (χ1v) is 10.9. The number of nitrogens with zero attached hydrogens (tertiary/aromatic N) is 1. The Balaban J connectivity index is 1.41. The zero-order valence-electron chi connectivity index (χ0n) is 16.5. The molecule has 4 rings (SSSR count).